The van der Waals surface area contributed by atoms with E-state index in [0.717, 1.165) is 18.9 Å². The highest BCUT2D eigenvalue weighted by Crippen LogP contribution is 2.48. The molecule has 1 fully saturated rings. The van der Waals surface area contributed by atoms with E-state index in [9.17, 15) is 8.78 Å². The quantitative estimate of drug-likeness (QED) is 0.745. The molecule has 0 heterocycles. The Kier molecular flexibility index (Phi) is 1.84. The molecule has 0 aromatic heterocycles. The normalized spacial score (nSPS) is 18.7. The van der Waals surface area contributed by atoms with Gasteiger partial charge in [-0.3, -0.25) is 0 Å². The number of halogens is 2. The molecule has 0 atom stereocenters. The van der Waals surface area contributed by atoms with E-state index in [0.29, 0.717) is 12.1 Å². The van der Waals surface area contributed by atoms with Crippen molar-refractivity contribution in [1.29, 1.82) is 0 Å². The van der Waals surface area contributed by atoms with Crippen molar-refractivity contribution in [2.45, 2.75) is 18.3 Å². The van der Waals surface area contributed by atoms with Crippen LogP contribution in [0.2, 0.25) is 0 Å². The predicted octanol–water partition coefficient (Wildman–Crippen LogP) is 1.96. The molecule has 70 valence electrons. The molecular formula is C10H11F2N. The van der Waals surface area contributed by atoms with Crippen LogP contribution in [0.1, 0.15) is 18.4 Å². The third-order valence-corrected chi connectivity index (χ3v) is 2.77. The molecule has 0 bridgehead atoms. The van der Waals surface area contributed by atoms with Crippen LogP contribution in [0.5, 0.6) is 0 Å². The molecule has 1 nitrogen and oxygen atoms in total. The molecule has 13 heavy (non-hydrogen) atoms. The van der Waals surface area contributed by atoms with Crippen LogP contribution in [0.4, 0.5) is 8.78 Å². The summed E-state index contributed by atoms with van der Waals surface area (Å²) in [4.78, 5) is 0. The SMILES string of the molecule is NCC1(c2cccc(F)c2F)CC1. The molecule has 0 saturated heterocycles. The Morgan fingerprint density at radius 2 is 2.00 bits per heavy atom. The minimum absolute atomic E-state index is 0.272. The predicted molar refractivity (Wildman–Crippen MR) is 46.3 cm³/mol. The Labute approximate surface area is 75.6 Å². The molecule has 1 saturated carbocycles. The maximum Gasteiger partial charge on any atom is 0.162 e. The van der Waals surface area contributed by atoms with Gasteiger partial charge >= 0.3 is 0 Å². The topological polar surface area (TPSA) is 26.0 Å². The van der Waals surface area contributed by atoms with Gasteiger partial charge in [0.05, 0.1) is 0 Å². The first-order chi connectivity index (χ1) is 6.19. The fourth-order valence-corrected chi connectivity index (χ4v) is 1.65. The Bertz CT molecular complexity index is 332. The summed E-state index contributed by atoms with van der Waals surface area (Å²) in [5.74, 6) is -1.51. The minimum atomic E-state index is -0.780. The Balaban J connectivity index is 2.46. The van der Waals surface area contributed by atoms with Crippen LogP contribution in [0, 0.1) is 11.6 Å². The molecule has 0 unspecified atom stereocenters. The van der Waals surface area contributed by atoms with Gasteiger partial charge in [0.2, 0.25) is 0 Å². The summed E-state index contributed by atoms with van der Waals surface area (Å²) < 4.78 is 26.2. The second-order valence-electron chi connectivity index (χ2n) is 3.59. The average molecular weight is 183 g/mol. The van der Waals surface area contributed by atoms with Crippen LogP contribution in [-0.2, 0) is 5.41 Å². The van der Waals surface area contributed by atoms with Crippen LogP contribution in [0.3, 0.4) is 0 Å². The summed E-state index contributed by atoms with van der Waals surface area (Å²) in [5, 5.41) is 0. The fourth-order valence-electron chi connectivity index (χ4n) is 1.65. The second-order valence-corrected chi connectivity index (χ2v) is 3.59. The zero-order valence-corrected chi connectivity index (χ0v) is 7.19. The van der Waals surface area contributed by atoms with Gasteiger partial charge in [0.15, 0.2) is 11.6 Å². The molecule has 2 rings (SSSR count). The molecule has 0 aliphatic heterocycles. The van der Waals surface area contributed by atoms with E-state index in [1.165, 1.54) is 6.07 Å². The van der Waals surface area contributed by atoms with Crippen molar-refractivity contribution in [1.82, 2.24) is 0 Å². The van der Waals surface area contributed by atoms with Crippen LogP contribution >= 0.6 is 0 Å². The van der Waals surface area contributed by atoms with E-state index in [1.54, 1.807) is 6.07 Å². The molecule has 3 heteroatoms. The third-order valence-electron chi connectivity index (χ3n) is 2.77. The largest absolute Gasteiger partial charge is 0.330 e. The number of nitrogens with two attached hydrogens (primary N) is 1. The van der Waals surface area contributed by atoms with Crippen molar-refractivity contribution < 1.29 is 8.78 Å². The zero-order valence-electron chi connectivity index (χ0n) is 7.19. The first kappa shape index (κ1) is 8.63. The molecule has 0 amide bonds. The van der Waals surface area contributed by atoms with Gasteiger partial charge in [-0.15, -0.1) is 0 Å². The zero-order chi connectivity index (χ0) is 9.47. The van der Waals surface area contributed by atoms with Gasteiger partial charge in [-0.25, -0.2) is 8.78 Å². The first-order valence-electron chi connectivity index (χ1n) is 4.34. The molecular weight excluding hydrogens is 172 g/mol. The monoisotopic (exact) mass is 183 g/mol. The summed E-state index contributed by atoms with van der Waals surface area (Å²) in [7, 11) is 0. The number of hydrogen-bond donors (Lipinski definition) is 1. The van der Waals surface area contributed by atoms with Gasteiger partial charge in [0, 0.05) is 12.0 Å². The fraction of sp³-hybridized carbons (Fsp3) is 0.400. The Morgan fingerprint density at radius 1 is 1.31 bits per heavy atom. The molecule has 1 aliphatic rings. The van der Waals surface area contributed by atoms with Gasteiger partial charge < -0.3 is 5.73 Å². The first-order valence-corrected chi connectivity index (χ1v) is 4.34. The summed E-state index contributed by atoms with van der Waals surface area (Å²) in [6.07, 6.45) is 1.73. The van der Waals surface area contributed by atoms with E-state index in [1.807, 2.05) is 0 Å². The van der Waals surface area contributed by atoms with Crippen LogP contribution in [-0.4, -0.2) is 6.54 Å². The highest BCUT2D eigenvalue weighted by Gasteiger charge is 2.45. The van der Waals surface area contributed by atoms with Crippen LogP contribution in [0.15, 0.2) is 18.2 Å². The van der Waals surface area contributed by atoms with Crippen molar-refractivity contribution in [3.8, 4) is 0 Å². The molecule has 1 aliphatic carbocycles. The van der Waals surface area contributed by atoms with Gasteiger partial charge in [-0.2, -0.15) is 0 Å². The van der Waals surface area contributed by atoms with E-state index in [2.05, 4.69) is 0 Å². The van der Waals surface area contributed by atoms with E-state index in [-0.39, 0.29) is 5.41 Å². The highest BCUT2D eigenvalue weighted by molar-refractivity contribution is 5.33. The standard InChI is InChI=1S/C10H11F2N/c11-8-3-1-2-7(9(8)12)10(6-13)4-5-10/h1-3H,4-6,13H2. The highest BCUT2D eigenvalue weighted by atomic mass is 19.2. The van der Waals surface area contributed by atoms with Gasteiger partial charge in [0.1, 0.15) is 0 Å². The third kappa shape index (κ3) is 1.23. The lowest BCUT2D eigenvalue weighted by atomic mass is 9.95. The Hall–Kier alpha value is -0.960. The maximum absolute atomic E-state index is 13.3. The summed E-state index contributed by atoms with van der Waals surface area (Å²) in [6.45, 7) is 0.396. The lowest BCUT2D eigenvalue weighted by molar-refractivity contribution is 0.485. The maximum atomic E-state index is 13.3. The second kappa shape index (κ2) is 2.77. The van der Waals surface area contributed by atoms with Crippen molar-refractivity contribution in [2.24, 2.45) is 5.73 Å². The molecule has 1 aromatic carbocycles. The summed E-state index contributed by atoms with van der Waals surface area (Å²) >= 11 is 0. The van der Waals surface area contributed by atoms with Gasteiger partial charge in [-0.1, -0.05) is 12.1 Å². The minimum Gasteiger partial charge on any atom is -0.330 e. The van der Waals surface area contributed by atoms with Crippen LogP contribution in [0.25, 0.3) is 0 Å². The molecule has 1 aromatic rings. The van der Waals surface area contributed by atoms with Crippen molar-refractivity contribution in [2.75, 3.05) is 6.54 Å². The van der Waals surface area contributed by atoms with E-state index < -0.39 is 11.6 Å². The number of benzene rings is 1. The number of hydrogen-bond acceptors (Lipinski definition) is 1. The Morgan fingerprint density at radius 3 is 2.54 bits per heavy atom. The van der Waals surface area contributed by atoms with Gasteiger partial charge in [0.25, 0.3) is 0 Å². The number of rotatable bonds is 2. The molecule has 0 spiro atoms. The smallest absolute Gasteiger partial charge is 0.162 e. The van der Waals surface area contributed by atoms with E-state index >= 15 is 0 Å². The molecule has 0 radical (unpaired) electrons. The molecule has 2 N–H and O–H groups in total. The summed E-state index contributed by atoms with van der Waals surface area (Å²) in [5.41, 5.74) is 5.70. The lowest BCUT2D eigenvalue weighted by Gasteiger charge is -2.13. The lowest BCUT2D eigenvalue weighted by Crippen LogP contribution is -2.21. The average Bonchev–Trinajstić information content (AvgIpc) is 2.90. The van der Waals surface area contributed by atoms with Crippen molar-refractivity contribution >= 4 is 0 Å². The van der Waals surface area contributed by atoms with E-state index in [4.69, 9.17) is 5.73 Å². The van der Waals surface area contributed by atoms with Crippen molar-refractivity contribution in [3.05, 3.63) is 35.4 Å². The van der Waals surface area contributed by atoms with Crippen LogP contribution < -0.4 is 5.73 Å². The summed E-state index contributed by atoms with van der Waals surface area (Å²) in [6, 6.07) is 4.28. The van der Waals surface area contributed by atoms with Gasteiger partial charge in [-0.05, 0) is 24.5 Å². The van der Waals surface area contributed by atoms with Crippen molar-refractivity contribution in [3.63, 3.8) is 0 Å².